The lowest BCUT2D eigenvalue weighted by Crippen LogP contribution is -2.27. The van der Waals surface area contributed by atoms with Crippen molar-refractivity contribution in [3.8, 4) is 16.9 Å². The molecule has 0 spiro atoms. The molecule has 22 heavy (non-hydrogen) atoms. The Hall–Kier alpha value is -1.92. The quantitative estimate of drug-likeness (QED) is 0.945. The third kappa shape index (κ3) is 2.71. The fourth-order valence-electron chi connectivity index (χ4n) is 2.64. The highest BCUT2D eigenvalue weighted by Gasteiger charge is 2.27. The lowest BCUT2D eigenvalue weighted by Gasteiger charge is -2.16. The molecule has 4 nitrogen and oxygen atoms in total. The van der Waals surface area contributed by atoms with Gasteiger partial charge in [-0.1, -0.05) is 12.1 Å². The van der Waals surface area contributed by atoms with Gasteiger partial charge < -0.3 is 5.11 Å². The summed E-state index contributed by atoms with van der Waals surface area (Å²) < 4.78 is 40.5. The van der Waals surface area contributed by atoms with Crippen molar-refractivity contribution in [3.63, 3.8) is 0 Å². The summed E-state index contributed by atoms with van der Waals surface area (Å²) in [7, 11) is -3.53. The lowest BCUT2D eigenvalue weighted by atomic mass is 10.1. The molecule has 2 aromatic carbocycles. The Morgan fingerprint density at radius 2 is 1.77 bits per heavy atom. The van der Waals surface area contributed by atoms with Gasteiger partial charge in [0, 0.05) is 24.7 Å². The molecule has 6 heteroatoms. The Morgan fingerprint density at radius 1 is 1.05 bits per heavy atom. The highest BCUT2D eigenvalue weighted by atomic mass is 32.2. The summed E-state index contributed by atoms with van der Waals surface area (Å²) in [6, 6.07) is 10.1. The molecule has 0 atom stereocenters. The van der Waals surface area contributed by atoms with Crippen molar-refractivity contribution in [2.45, 2.75) is 17.7 Å². The number of phenols is 1. The molecule has 0 aromatic heterocycles. The molecular weight excluding hydrogens is 305 g/mol. The van der Waals surface area contributed by atoms with Gasteiger partial charge in [0.15, 0.2) is 0 Å². The smallest absolute Gasteiger partial charge is 0.243 e. The average Bonchev–Trinajstić information content (AvgIpc) is 3.02. The predicted octanol–water partition coefficient (Wildman–Crippen LogP) is 2.98. The number of rotatable bonds is 3. The first-order valence-electron chi connectivity index (χ1n) is 7.07. The van der Waals surface area contributed by atoms with Crippen molar-refractivity contribution >= 4 is 10.0 Å². The maximum absolute atomic E-state index is 13.9. The minimum Gasteiger partial charge on any atom is -0.508 e. The molecule has 0 bridgehead atoms. The normalized spacial score (nSPS) is 16.0. The molecule has 1 aliphatic rings. The first-order valence-corrected chi connectivity index (χ1v) is 8.51. The van der Waals surface area contributed by atoms with E-state index in [0.717, 1.165) is 18.9 Å². The van der Waals surface area contributed by atoms with Crippen LogP contribution in [0, 0.1) is 5.82 Å². The minimum absolute atomic E-state index is 0.165. The largest absolute Gasteiger partial charge is 0.508 e. The molecule has 1 heterocycles. The summed E-state index contributed by atoms with van der Waals surface area (Å²) in [4.78, 5) is 0.166. The zero-order valence-electron chi connectivity index (χ0n) is 11.9. The second-order valence-electron chi connectivity index (χ2n) is 5.30. The van der Waals surface area contributed by atoms with E-state index in [1.54, 1.807) is 12.1 Å². The van der Waals surface area contributed by atoms with Gasteiger partial charge in [-0.2, -0.15) is 4.31 Å². The summed E-state index contributed by atoms with van der Waals surface area (Å²) >= 11 is 0. The Bertz CT molecular complexity index is 799. The second-order valence-corrected chi connectivity index (χ2v) is 7.24. The molecular formula is C16H16FNO3S. The molecule has 1 N–H and O–H groups in total. The molecule has 1 fully saturated rings. The van der Waals surface area contributed by atoms with Crippen LogP contribution >= 0.6 is 0 Å². The zero-order chi connectivity index (χ0) is 15.7. The third-order valence-electron chi connectivity index (χ3n) is 3.80. The SMILES string of the molecule is O=S(=O)(c1cccc(-c2ccc(O)cc2F)c1)N1CCCC1. The number of nitrogens with zero attached hydrogens (tertiary/aromatic N) is 1. The zero-order valence-corrected chi connectivity index (χ0v) is 12.7. The van der Waals surface area contributed by atoms with Crippen LogP contribution in [0.1, 0.15) is 12.8 Å². The Labute approximate surface area is 128 Å². The van der Waals surface area contributed by atoms with Gasteiger partial charge in [-0.05, 0) is 42.7 Å². The van der Waals surface area contributed by atoms with Crippen LogP contribution in [0.15, 0.2) is 47.4 Å². The van der Waals surface area contributed by atoms with Gasteiger partial charge >= 0.3 is 0 Å². The van der Waals surface area contributed by atoms with Gasteiger partial charge in [-0.25, -0.2) is 12.8 Å². The monoisotopic (exact) mass is 321 g/mol. The summed E-state index contributed by atoms with van der Waals surface area (Å²) in [6.07, 6.45) is 1.73. The van der Waals surface area contributed by atoms with Crippen LogP contribution in [0.3, 0.4) is 0 Å². The summed E-state index contributed by atoms with van der Waals surface area (Å²) in [5.41, 5.74) is 0.731. The highest BCUT2D eigenvalue weighted by Crippen LogP contribution is 2.29. The number of hydrogen-bond acceptors (Lipinski definition) is 3. The van der Waals surface area contributed by atoms with Gasteiger partial charge in [0.2, 0.25) is 10.0 Å². The Balaban J connectivity index is 2.02. The van der Waals surface area contributed by atoms with E-state index in [0.29, 0.717) is 18.7 Å². The van der Waals surface area contributed by atoms with Gasteiger partial charge in [0.25, 0.3) is 0 Å². The van der Waals surface area contributed by atoms with Crippen LogP contribution in [0.4, 0.5) is 4.39 Å². The van der Waals surface area contributed by atoms with E-state index in [1.165, 1.54) is 28.6 Å². The number of aromatic hydroxyl groups is 1. The van der Waals surface area contributed by atoms with Crippen LogP contribution in [0.25, 0.3) is 11.1 Å². The summed E-state index contributed by atoms with van der Waals surface area (Å²) in [6.45, 7) is 1.06. The fourth-order valence-corrected chi connectivity index (χ4v) is 4.20. The molecule has 1 saturated heterocycles. The molecule has 1 aliphatic heterocycles. The van der Waals surface area contributed by atoms with Crippen LogP contribution in [0.2, 0.25) is 0 Å². The maximum atomic E-state index is 13.9. The molecule has 0 aliphatic carbocycles. The predicted molar refractivity (Wildman–Crippen MR) is 81.5 cm³/mol. The number of hydrogen-bond donors (Lipinski definition) is 1. The van der Waals surface area contributed by atoms with E-state index >= 15 is 0 Å². The molecule has 0 saturated carbocycles. The topological polar surface area (TPSA) is 57.6 Å². The second kappa shape index (κ2) is 5.70. The van der Waals surface area contributed by atoms with E-state index < -0.39 is 15.8 Å². The van der Waals surface area contributed by atoms with Crippen molar-refractivity contribution in [2.75, 3.05) is 13.1 Å². The van der Waals surface area contributed by atoms with Gasteiger partial charge in [-0.15, -0.1) is 0 Å². The van der Waals surface area contributed by atoms with Gasteiger partial charge in [0.1, 0.15) is 11.6 Å². The average molecular weight is 321 g/mol. The Morgan fingerprint density at radius 3 is 2.45 bits per heavy atom. The van der Waals surface area contributed by atoms with E-state index in [-0.39, 0.29) is 16.2 Å². The standard InChI is InChI=1S/C16H16FNO3S/c17-16-11-13(19)6-7-15(16)12-4-3-5-14(10-12)22(20,21)18-8-1-2-9-18/h3-7,10-11,19H,1-2,8-9H2. The van der Waals surface area contributed by atoms with Gasteiger partial charge in [-0.3, -0.25) is 0 Å². The van der Waals surface area contributed by atoms with Crippen molar-refractivity contribution in [1.29, 1.82) is 0 Å². The minimum atomic E-state index is -3.53. The van der Waals surface area contributed by atoms with Crippen LogP contribution < -0.4 is 0 Å². The summed E-state index contributed by atoms with van der Waals surface area (Å²) in [5, 5.41) is 9.27. The fraction of sp³-hybridized carbons (Fsp3) is 0.250. The number of phenolic OH excluding ortho intramolecular Hbond substituents is 1. The van der Waals surface area contributed by atoms with E-state index in [9.17, 15) is 17.9 Å². The van der Waals surface area contributed by atoms with Crippen LogP contribution in [0.5, 0.6) is 5.75 Å². The highest BCUT2D eigenvalue weighted by molar-refractivity contribution is 7.89. The molecule has 0 amide bonds. The lowest BCUT2D eigenvalue weighted by molar-refractivity contribution is 0.469. The van der Waals surface area contributed by atoms with E-state index in [4.69, 9.17) is 0 Å². The number of halogens is 1. The molecule has 2 aromatic rings. The summed E-state index contributed by atoms with van der Waals surface area (Å²) in [5.74, 6) is -0.752. The molecule has 0 unspecified atom stereocenters. The first-order chi connectivity index (χ1) is 10.5. The van der Waals surface area contributed by atoms with E-state index in [2.05, 4.69) is 0 Å². The third-order valence-corrected chi connectivity index (χ3v) is 5.70. The van der Waals surface area contributed by atoms with Crippen LogP contribution in [-0.4, -0.2) is 30.9 Å². The van der Waals surface area contributed by atoms with Crippen molar-refractivity contribution < 1.29 is 17.9 Å². The molecule has 116 valence electrons. The number of sulfonamides is 1. The maximum Gasteiger partial charge on any atom is 0.243 e. The Kier molecular flexibility index (Phi) is 3.88. The molecule has 3 rings (SSSR count). The number of benzene rings is 2. The molecule has 0 radical (unpaired) electrons. The van der Waals surface area contributed by atoms with Crippen molar-refractivity contribution in [1.82, 2.24) is 4.31 Å². The van der Waals surface area contributed by atoms with E-state index in [1.807, 2.05) is 0 Å². The van der Waals surface area contributed by atoms with Crippen molar-refractivity contribution in [2.24, 2.45) is 0 Å². The first kappa shape index (κ1) is 15.0. The van der Waals surface area contributed by atoms with Crippen molar-refractivity contribution in [3.05, 3.63) is 48.3 Å². The van der Waals surface area contributed by atoms with Crippen LogP contribution in [-0.2, 0) is 10.0 Å². The van der Waals surface area contributed by atoms with Gasteiger partial charge in [0.05, 0.1) is 4.90 Å².